The van der Waals surface area contributed by atoms with Gasteiger partial charge in [0, 0.05) is 12.1 Å². The molecule has 0 fully saturated rings. The Bertz CT molecular complexity index is 302. The van der Waals surface area contributed by atoms with E-state index in [1.54, 1.807) is 7.11 Å². The lowest BCUT2D eigenvalue weighted by Crippen LogP contribution is -2.15. The van der Waals surface area contributed by atoms with Crippen molar-refractivity contribution in [2.75, 3.05) is 20.2 Å². The summed E-state index contributed by atoms with van der Waals surface area (Å²) >= 11 is 0. The summed E-state index contributed by atoms with van der Waals surface area (Å²) in [6.45, 7) is 2.75. The van der Waals surface area contributed by atoms with Gasteiger partial charge in [0.1, 0.15) is 5.75 Å². The zero-order valence-electron chi connectivity index (χ0n) is 10.7. The molecule has 1 rings (SSSR count). The minimum absolute atomic E-state index is 0.814. The molecule has 0 aliphatic heterocycles. The molecule has 0 atom stereocenters. The topological polar surface area (TPSA) is 47.3 Å². The van der Waals surface area contributed by atoms with Crippen LogP contribution in [0.4, 0.5) is 0 Å². The van der Waals surface area contributed by atoms with Crippen LogP contribution in [0.15, 0.2) is 24.3 Å². The summed E-state index contributed by atoms with van der Waals surface area (Å²) in [5.74, 6) is 0.961. The normalized spacial score (nSPS) is 10.5. The van der Waals surface area contributed by atoms with Gasteiger partial charge in [0.05, 0.1) is 7.11 Å². The molecule has 3 heteroatoms. The number of nitrogens with two attached hydrogens (primary N) is 1. The number of benzene rings is 1. The maximum atomic E-state index is 5.45. The second-order valence-corrected chi connectivity index (χ2v) is 4.19. The van der Waals surface area contributed by atoms with E-state index in [-0.39, 0.29) is 0 Å². The van der Waals surface area contributed by atoms with Crippen LogP contribution in [0, 0.1) is 0 Å². The van der Waals surface area contributed by atoms with E-state index in [1.807, 2.05) is 18.2 Å². The Hall–Kier alpha value is -1.06. The Labute approximate surface area is 104 Å². The van der Waals surface area contributed by atoms with Crippen molar-refractivity contribution in [2.24, 2.45) is 5.73 Å². The summed E-state index contributed by atoms with van der Waals surface area (Å²) in [4.78, 5) is 0. The van der Waals surface area contributed by atoms with E-state index >= 15 is 0 Å². The Morgan fingerprint density at radius 1 is 1.12 bits per heavy atom. The molecule has 0 saturated heterocycles. The van der Waals surface area contributed by atoms with Crippen LogP contribution in [0.25, 0.3) is 0 Å². The molecule has 0 radical (unpaired) electrons. The van der Waals surface area contributed by atoms with Crippen LogP contribution in [0.2, 0.25) is 0 Å². The first-order chi connectivity index (χ1) is 8.38. The summed E-state index contributed by atoms with van der Waals surface area (Å²) in [7, 11) is 1.71. The van der Waals surface area contributed by atoms with Gasteiger partial charge >= 0.3 is 0 Å². The van der Waals surface area contributed by atoms with Crippen molar-refractivity contribution in [3.05, 3.63) is 29.8 Å². The van der Waals surface area contributed by atoms with Gasteiger partial charge < -0.3 is 15.8 Å². The van der Waals surface area contributed by atoms with Gasteiger partial charge in [-0.3, -0.25) is 0 Å². The van der Waals surface area contributed by atoms with Crippen molar-refractivity contribution >= 4 is 0 Å². The molecule has 96 valence electrons. The summed E-state index contributed by atoms with van der Waals surface area (Å²) in [6, 6.07) is 8.13. The smallest absolute Gasteiger partial charge is 0.123 e. The molecule has 3 N–H and O–H groups in total. The molecular formula is C14H24N2O. The first kappa shape index (κ1) is 14.0. The van der Waals surface area contributed by atoms with E-state index in [0.717, 1.165) is 31.8 Å². The molecule has 3 nitrogen and oxygen atoms in total. The monoisotopic (exact) mass is 236 g/mol. The van der Waals surface area contributed by atoms with E-state index in [0.29, 0.717) is 0 Å². The second kappa shape index (κ2) is 9.02. The third-order valence-electron chi connectivity index (χ3n) is 2.82. The van der Waals surface area contributed by atoms with E-state index < -0.39 is 0 Å². The maximum absolute atomic E-state index is 5.45. The van der Waals surface area contributed by atoms with Gasteiger partial charge in [-0.2, -0.15) is 0 Å². The highest BCUT2D eigenvalue weighted by Gasteiger charge is 1.99. The van der Waals surface area contributed by atoms with Crippen molar-refractivity contribution in [1.29, 1.82) is 0 Å². The Balaban J connectivity index is 2.13. The molecule has 1 aromatic carbocycles. The fourth-order valence-corrected chi connectivity index (χ4v) is 1.82. The summed E-state index contributed by atoms with van der Waals surface area (Å²) in [6.07, 6.45) is 4.87. The third-order valence-corrected chi connectivity index (χ3v) is 2.82. The number of unbranched alkanes of at least 4 members (excludes halogenated alkanes) is 3. The third kappa shape index (κ3) is 5.71. The second-order valence-electron chi connectivity index (χ2n) is 4.19. The van der Waals surface area contributed by atoms with E-state index in [4.69, 9.17) is 10.5 Å². The van der Waals surface area contributed by atoms with Crippen LogP contribution < -0.4 is 15.8 Å². The van der Waals surface area contributed by atoms with Gasteiger partial charge in [0.2, 0.25) is 0 Å². The maximum Gasteiger partial charge on any atom is 0.123 e. The average molecular weight is 236 g/mol. The van der Waals surface area contributed by atoms with E-state index in [9.17, 15) is 0 Å². The molecule has 0 amide bonds. The molecule has 1 aromatic rings. The molecule has 0 spiro atoms. The van der Waals surface area contributed by atoms with Crippen molar-refractivity contribution in [2.45, 2.75) is 32.2 Å². The van der Waals surface area contributed by atoms with Gasteiger partial charge in [0.15, 0.2) is 0 Å². The van der Waals surface area contributed by atoms with Crippen LogP contribution in [-0.2, 0) is 6.54 Å². The molecule has 0 unspecified atom stereocenters. The summed E-state index contributed by atoms with van der Waals surface area (Å²) in [5, 5.41) is 3.44. The summed E-state index contributed by atoms with van der Waals surface area (Å²) in [5.41, 5.74) is 6.67. The molecule has 0 aliphatic carbocycles. The molecule has 0 saturated carbocycles. The number of hydrogen-bond acceptors (Lipinski definition) is 3. The van der Waals surface area contributed by atoms with Gasteiger partial charge in [-0.1, -0.05) is 31.0 Å². The molecule has 0 aliphatic rings. The number of methoxy groups -OCH3 is 1. The highest BCUT2D eigenvalue weighted by Crippen LogP contribution is 2.16. The minimum atomic E-state index is 0.814. The number of ether oxygens (including phenoxy) is 1. The molecule has 0 bridgehead atoms. The predicted octanol–water partition coefficient (Wildman–Crippen LogP) is 2.30. The Morgan fingerprint density at radius 3 is 2.65 bits per heavy atom. The SMILES string of the molecule is COc1ccccc1CNCCCCCCN. The zero-order chi connectivity index (χ0) is 12.3. The van der Waals surface area contributed by atoms with Crippen molar-refractivity contribution in [3.63, 3.8) is 0 Å². The quantitative estimate of drug-likeness (QED) is 0.647. The van der Waals surface area contributed by atoms with Crippen molar-refractivity contribution in [3.8, 4) is 5.75 Å². The molecular weight excluding hydrogens is 212 g/mol. The van der Waals surface area contributed by atoms with Gasteiger partial charge in [0.25, 0.3) is 0 Å². The number of rotatable bonds is 9. The highest BCUT2D eigenvalue weighted by atomic mass is 16.5. The average Bonchev–Trinajstić information content (AvgIpc) is 2.38. The fraction of sp³-hybridized carbons (Fsp3) is 0.571. The lowest BCUT2D eigenvalue weighted by Gasteiger charge is -2.09. The van der Waals surface area contributed by atoms with E-state index in [1.165, 1.54) is 24.8 Å². The Morgan fingerprint density at radius 2 is 1.88 bits per heavy atom. The van der Waals surface area contributed by atoms with Crippen LogP contribution in [0.5, 0.6) is 5.75 Å². The number of nitrogens with one attached hydrogen (secondary N) is 1. The van der Waals surface area contributed by atoms with Gasteiger partial charge in [-0.15, -0.1) is 0 Å². The van der Waals surface area contributed by atoms with Crippen LogP contribution in [0.1, 0.15) is 31.2 Å². The van der Waals surface area contributed by atoms with Crippen LogP contribution in [0.3, 0.4) is 0 Å². The summed E-state index contributed by atoms with van der Waals surface area (Å²) < 4.78 is 5.30. The predicted molar refractivity (Wildman–Crippen MR) is 72.2 cm³/mol. The molecule has 0 aromatic heterocycles. The molecule has 0 heterocycles. The van der Waals surface area contributed by atoms with Crippen LogP contribution in [-0.4, -0.2) is 20.2 Å². The van der Waals surface area contributed by atoms with Crippen LogP contribution >= 0.6 is 0 Å². The standard InChI is InChI=1S/C14H24N2O/c1-17-14-9-5-4-8-13(14)12-16-11-7-3-2-6-10-15/h4-5,8-9,16H,2-3,6-7,10-12,15H2,1H3. The molecule has 17 heavy (non-hydrogen) atoms. The lowest BCUT2D eigenvalue weighted by molar-refractivity contribution is 0.407. The van der Waals surface area contributed by atoms with Crippen molar-refractivity contribution in [1.82, 2.24) is 5.32 Å². The first-order valence-electron chi connectivity index (χ1n) is 6.41. The minimum Gasteiger partial charge on any atom is -0.496 e. The zero-order valence-corrected chi connectivity index (χ0v) is 10.7. The number of para-hydroxylation sites is 1. The van der Waals surface area contributed by atoms with Gasteiger partial charge in [-0.25, -0.2) is 0 Å². The van der Waals surface area contributed by atoms with E-state index in [2.05, 4.69) is 11.4 Å². The lowest BCUT2D eigenvalue weighted by atomic mass is 10.2. The Kier molecular flexibility index (Phi) is 7.43. The number of hydrogen-bond donors (Lipinski definition) is 2. The first-order valence-corrected chi connectivity index (χ1v) is 6.41. The largest absolute Gasteiger partial charge is 0.496 e. The van der Waals surface area contributed by atoms with Crippen molar-refractivity contribution < 1.29 is 4.74 Å². The fourth-order valence-electron chi connectivity index (χ4n) is 1.82. The van der Waals surface area contributed by atoms with Gasteiger partial charge in [-0.05, 0) is 32.0 Å². The highest BCUT2D eigenvalue weighted by molar-refractivity contribution is 5.32.